The van der Waals surface area contributed by atoms with Crippen molar-refractivity contribution in [3.63, 3.8) is 0 Å². The third kappa shape index (κ3) is 2.43. The number of fused-ring (bicyclic) bond motifs is 1. The van der Waals surface area contributed by atoms with Crippen molar-refractivity contribution in [2.45, 2.75) is 13.3 Å². The highest BCUT2D eigenvalue weighted by Gasteiger charge is 2.05. The van der Waals surface area contributed by atoms with E-state index in [-0.39, 0.29) is 0 Å². The van der Waals surface area contributed by atoms with Crippen LogP contribution in [0.15, 0.2) is 48.5 Å². The molecule has 1 aromatic heterocycles. The number of carboxylic acid groups (broad SMARTS) is 1. The summed E-state index contributed by atoms with van der Waals surface area (Å²) in [7, 11) is 0. The van der Waals surface area contributed by atoms with Crippen LogP contribution in [0.4, 0.5) is 0 Å². The lowest BCUT2D eigenvalue weighted by Gasteiger charge is -2.04. The minimum Gasteiger partial charge on any atom is -0.478 e. The molecule has 1 heterocycles. The van der Waals surface area contributed by atoms with Crippen molar-refractivity contribution >= 4 is 16.9 Å². The Morgan fingerprint density at radius 2 is 1.90 bits per heavy atom. The highest BCUT2D eigenvalue weighted by Crippen LogP contribution is 2.19. The molecular weight excluding hydrogens is 250 g/mol. The number of aromatic carboxylic acids is 1. The fraction of sp³-hybridized carbons (Fsp3) is 0.118. The van der Waals surface area contributed by atoms with E-state index in [9.17, 15) is 4.79 Å². The Balaban J connectivity index is 1.92. The van der Waals surface area contributed by atoms with Gasteiger partial charge in [-0.05, 0) is 60.2 Å². The lowest BCUT2D eigenvalue weighted by Crippen LogP contribution is -1.97. The van der Waals surface area contributed by atoms with E-state index in [2.05, 4.69) is 29.2 Å². The number of rotatable bonds is 3. The van der Waals surface area contributed by atoms with Gasteiger partial charge in [-0.1, -0.05) is 18.2 Å². The molecule has 3 rings (SSSR count). The summed E-state index contributed by atoms with van der Waals surface area (Å²) in [4.78, 5) is 14.3. The van der Waals surface area contributed by atoms with Crippen LogP contribution >= 0.6 is 0 Å². The second-order valence-corrected chi connectivity index (χ2v) is 5.06. The number of carbonyl (C=O) groups is 1. The van der Waals surface area contributed by atoms with Crippen molar-refractivity contribution in [3.8, 4) is 0 Å². The Morgan fingerprint density at radius 1 is 1.10 bits per heavy atom. The maximum Gasteiger partial charge on any atom is 0.335 e. The zero-order chi connectivity index (χ0) is 14.1. The van der Waals surface area contributed by atoms with E-state index in [0.717, 1.165) is 23.2 Å². The predicted octanol–water partition coefficient (Wildman–Crippen LogP) is 3.77. The Morgan fingerprint density at radius 3 is 2.70 bits per heavy atom. The summed E-state index contributed by atoms with van der Waals surface area (Å²) in [6.45, 7) is 2.04. The van der Waals surface area contributed by atoms with Crippen LogP contribution in [0.3, 0.4) is 0 Å². The van der Waals surface area contributed by atoms with Gasteiger partial charge in [0, 0.05) is 11.2 Å². The maximum atomic E-state index is 11.0. The van der Waals surface area contributed by atoms with Crippen molar-refractivity contribution in [1.82, 2.24) is 4.98 Å². The minimum atomic E-state index is -0.886. The first-order valence-corrected chi connectivity index (χ1v) is 6.52. The molecular formula is C17H15NO2. The van der Waals surface area contributed by atoms with Crippen molar-refractivity contribution in [1.29, 1.82) is 0 Å². The van der Waals surface area contributed by atoms with Crippen LogP contribution in [0.25, 0.3) is 10.9 Å². The van der Waals surface area contributed by atoms with Crippen LogP contribution in [0, 0.1) is 6.92 Å². The first kappa shape index (κ1) is 12.5. The van der Waals surface area contributed by atoms with Crippen LogP contribution < -0.4 is 0 Å². The molecule has 20 heavy (non-hydrogen) atoms. The molecule has 0 aliphatic carbocycles. The Hall–Kier alpha value is -2.55. The van der Waals surface area contributed by atoms with Gasteiger partial charge in [0.05, 0.1) is 5.56 Å². The van der Waals surface area contributed by atoms with Gasteiger partial charge in [0.15, 0.2) is 0 Å². The van der Waals surface area contributed by atoms with E-state index in [0.29, 0.717) is 5.56 Å². The van der Waals surface area contributed by atoms with E-state index in [1.165, 1.54) is 10.9 Å². The summed E-state index contributed by atoms with van der Waals surface area (Å²) < 4.78 is 0. The number of hydrogen-bond donors (Lipinski definition) is 2. The zero-order valence-electron chi connectivity index (χ0n) is 11.2. The summed E-state index contributed by atoms with van der Waals surface area (Å²) >= 11 is 0. The number of hydrogen-bond acceptors (Lipinski definition) is 1. The van der Waals surface area contributed by atoms with Gasteiger partial charge >= 0.3 is 5.97 Å². The van der Waals surface area contributed by atoms with Crippen LogP contribution in [0.5, 0.6) is 0 Å². The summed E-state index contributed by atoms with van der Waals surface area (Å²) in [5.74, 6) is -0.886. The number of nitrogens with one attached hydrogen (secondary N) is 1. The molecule has 2 aromatic carbocycles. The van der Waals surface area contributed by atoms with E-state index in [1.54, 1.807) is 18.2 Å². The van der Waals surface area contributed by atoms with Crippen molar-refractivity contribution in [3.05, 3.63) is 70.9 Å². The Kier molecular flexibility index (Phi) is 3.03. The largest absolute Gasteiger partial charge is 0.478 e. The van der Waals surface area contributed by atoms with E-state index < -0.39 is 5.97 Å². The normalized spacial score (nSPS) is 10.8. The third-order valence-corrected chi connectivity index (χ3v) is 3.40. The summed E-state index contributed by atoms with van der Waals surface area (Å²) in [5, 5.41) is 10.2. The average Bonchev–Trinajstić information content (AvgIpc) is 2.78. The number of carboxylic acids is 1. The van der Waals surface area contributed by atoms with Gasteiger partial charge in [0.25, 0.3) is 0 Å². The number of H-pyrrole nitrogens is 1. The minimum absolute atomic E-state index is 0.334. The topological polar surface area (TPSA) is 53.1 Å². The number of benzene rings is 2. The smallest absolute Gasteiger partial charge is 0.335 e. The Bertz CT molecular complexity index is 787. The van der Waals surface area contributed by atoms with Gasteiger partial charge in [-0.25, -0.2) is 4.79 Å². The molecule has 0 aliphatic rings. The second kappa shape index (κ2) is 4.85. The molecule has 0 spiro atoms. The first-order valence-electron chi connectivity index (χ1n) is 6.52. The predicted molar refractivity (Wildman–Crippen MR) is 79.2 cm³/mol. The highest BCUT2D eigenvalue weighted by atomic mass is 16.4. The molecule has 0 saturated carbocycles. The summed E-state index contributed by atoms with van der Waals surface area (Å²) in [5.41, 5.74) is 4.80. The zero-order valence-corrected chi connectivity index (χ0v) is 11.2. The van der Waals surface area contributed by atoms with Gasteiger partial charge in [-0.15, -0.1) is 0 Å². The number of aromatic nitrogens is 1. The molecule has 0 saturated heterocycles. The number of aromatic amines is 1. The quantitative estimate of drug-likeness (QED) is 0.757. The standard InChI is InChI=1S/C17H15NO2/c1-11-7-15-10-13(5-6-16(15)18-11)8-12-3-2-4-14(9-12)17(19)20/h2-7,9-10,18H,8H2,1H3,(H,19,20). The molecule has 3 nitrogen and oxygen atoms in total. The van der Waals surface area contributed by atoms with Gasteiger partial charge < -0.3 is 10.1 Å². The van der Waals surface area contributed by atoms with Gasteiger partial charge in [0.2, 0.25) is 0 Å². The fourth-order valence-corrected chi connectivity index (χ4v) is 2.49. The second-order valence-electron chi connectivity index (χ2n) is 5.06. The molecule has 0 atom stereocenters. The fourth-order valence-electron chi connectivity index (χ4n) is 2.49. The molecule has 0 aliphatic heterocycles. The third-order valence-electron chi connectivity index (χ3n) is 3.40. The van der Waals surface area contributed by atoms with Crippen LogP contribution in [-0.4, -0.2) is 16.1 Å². The monoisotopic (exact) mass is 265 g/mol. The average molecular weight is 265 g/mol. The molecule has 0 amide bonds. The van der Waals surface area contributed by atoms with Crippen molar-refractivity contribution < 1.29 is 9.90 Å². The highest BCUT2D eigenvalue weighted by molar-refractivity contribution is 5.87. The molecule has 3 aromatic rings. The van der Waals surface area contributed by atoms with Crippen molar-refractivity contribution in [2.75, 3.05) is 0 Å². The molecule has 100 valence electrons. The summed E-state index contributed by atoms with van der Waals surface area (Å²) in [6, 6.07) is 15.5. The van der Waals surface area contributed by atoms with Crippen molar-refractivity contribution in [2.24, 2.45) is 0 Å². The van der Waals surface area contributed by atoms with Crippen LogP contribution in [0.1, 0.15) is 27.2 Å². The maximum absolute atomic E-state index is 11.0. The van der Waals surface area contributed by atoms with E-state index in [4.69, 9.17) is 5.11 Å². The number of aryl methyl sites for hydroxylation is 1. The SMILES string of the molecule is Cc1cc2cc(Cc3cccc(C(=O)O)c3)ccc2[nH]1. The molecule has 0 fully saturated rings. The summed E-state index contributed by atoms with van der Waals surface area (Å²) in [6.07, 6.45) is 0.737. The lowest BCUT2D eigenvalue weighted by molar-refractivity contribution is 0.0697. The van der Waals surface area contributed by atoms with Gasteiger partial charge in [-0.2, -0.15) is 0 Å². The lowest BCUT2D eigenvalue weighted by atomic mass is 10.0. The van der Waals surface area contributed by atoms with Gasteiger partial charge in [-0.3, -0.25) is 0 Å². The van der Waals surface area contributed by atoms with E-state index >= 15 is 0 Å². The van der Waals surface area contributed by atoms with Gasteiger partial charge in [0.1, 0.15) is 0 Å². The van der Waals surface area contributed by atoms with Crippen LogP contribution in [0.2, 0.25) is 0 Å². The molecule has 2 N–H and O–H groups in total. The molecule has 0 unspecified atom stereocenters. The Labute approximate surface area is 116 Å². The molecule has 0 bridgehead atoms. The molecule has 0 radical (unpaired) electrons. The van der Waals surface area contributed by atoms with E-state index in [1.807, 2.05) is 13.0 Å². The first-order chi connectivity index (χ1) is 9.61. The van der Waals surface area contributed by atoms with Crippen LogP contribution in [-0.2, 0) is 6.42 Å². The molecule has 3 heteroatoms.